The van der Waals surface area contributed by atoms with Crippen LogP contribution in [0.5, 0.6) is 5.75 Å². The minimum atomic E-state index is -4.21. The zero-order valence-electron chi connectivity index (χ0n) is 23.0. The van der Waals surface area contributed by atoms with E-state index in [0.717, 1.165) is 15.4 Å². The molecule has 3 aromatic carbocycles. The molecule has 3 aromatic rings. The number of hydrogen-bond donors (Lipinski definition) is 1. The maximum Gasteiger partial charge on any atom is 0.264 e. The molecular weight excluding hydrogens is 573 g/mol. The molecule has 8 nitrogen and oxygen atoms in total. The highest BCUT2D eigenvalue weighted by molar-refractivity contribution is 7.92. The summed E-state index contributed by atoms with van der Waals surface area (Å²) < 4.78 is 33.9. The number of benzene rings is 3. The van der Waals surface area contributed by atoms with Gasteiger partial charge >= 0.3 is 0 Å². The van der Waals surface area contributed by atoms with Crippen molar-refractivity contribution in [1.29, 1.82) is 0 Å². The van der Waals surface area contributed by atoms with Crippen molar-refractivity contribution in [3.8, 4) is 5.75 Å². The number of ether oxygens (including phenoxy) is 1. The first-order valence-corrected chi connectivity index (χ1v) is 14.8. The van der Waals surface area contributed by atoms with E-state index in [9.17, 15) is 18.0 Å². The molecule has 1 atom stereocenters. The third kappa shape index (κ3) is 7.68. The molecule has 11 heteroatoms. The summed E-state index contributed by atoms with van der Waals surface area (Å²) in [5.41, 5.74) is 1.78. The second kappa shape index (κ2) is 13.4. The quantitative estimate of drug-likeness (QED) is 0.313. The van der Waals surface area contributed by atoms with Crippen molar-refractivity contribution in [2.75, 3.05) is 18.0 Å². The maximum atomic E-state index is 13.9. The van der Waals surface area contributed by atoms with Gasteiger partial charge < -0.3 is 15.0 Å². The van der Waals surface area contributed by atoms with E-state index < -0.39 is 28.5 Å². The Bertz CT molecular complexity index is 1450. The smallest absolute Gasteiger partial charge is 0.264 e. The summed E-state index contributed by atoms with van der Waals surface area (Å²) in [4.78, 5) is 28.3. The zero-order chi connectivity index (χ0) is 29.6. The number of anilines is 1. The summed E-state index contributed by atoms with van der Waals surface area (Å²) in [7, 11) is -2.66. The van der Waals surface area contributed by atoms with E-state index in [4.69, 9.17) is 27.9 Å². The number of halogens is 2. The minimum absolute atomic E-state index is 0.00396. The minimum Gasteiger partial charge on any atom is -0.497 e. The van der Waals surface area contributed by atoms with Crippen LogP contribution in [0.4, 0.5) is 5.69 Å². The molecule has 0 spiro atoms. The van der Waals surface area contributed by atoms with E-state index >= 15 is 0 Å². The maximum absolute atomic E-state index is 13.9. The number of carbonyl (C=O) groups is 2. The summed E-state index contributed by atoms with van der Waals surface area (Å²) in [6.07, 6.45) is 0. The Morgan fingerprint density at radius 2 is 1.55 bits per heavy atom. The Balaban J connectivity index is 2.05. The van der Waals surface area contributed by atoms with Gasteiger partial charge in [-0.15, -0.1) is 0 Å². The zero-order valence-corrected chi connectivity index (χ0v) is 25.3. The molecule has 40 heavy (non-hydrogen) atoms. The van der Waals surface area contributed by atoms with Gasteiger partial charge in [0.15, 0.2) is 0 Å². The van der Waals surface area contributed by atoms with Crippen molar-refractivity contribution >= 4 is 50.7 Å². The van der Waals surface area contributed by atoms with Gasteiger partial charge in [0.05, 0.1) is 27.7 Å². The Kier molecular flexibility index (Phi) is 10.5. The molecular formula is C29H33Cl2N3O5S. The van der Waals surface area contributed by atoms with Gasteiger partial charge in [-0.3, -0.25) is 13.9 Å². The van der Waals surface area contributed by atoms with Gasteiger partial charge in [0.2, 0.25) is 11.8 Å². The fourth-order valence-corrected chi connectivity index (χ4v) is 5.62. The number of amides is 2. The number of nitrogens with zero attached hydrogens (tertiary/aromatic N) is 2. The van der Waals surface area contributed by atoms with Crippen molar-refractivity contribution in [3.05, 3.63) is 87.9 Å². The van der Waals surface area contributed by atoms with Crippen molar-refractivity contribution in [2.45, 2.75) is 51.2 Å². The molecule has 0 bridgehead atoms. The number of rotatable bonds is 11. The van der Waals surface area contributed by atoms with Crippen LogP contribution in [0.15, 0.2) is 71.6 Å². The van der Waals surface area contributed by atoms with Gasteiger partial charge in [-0.05, 0) is 75.7 Å². The fraction of sp³-hybridized carbons (Fsp3) is 0.310. The number of hydrogen-bond acceptors (Lipinski definition) is 5. The summed E-state index contributed by atoms with van der Waals surface area (Å²) in [6, 6.07) is 16.7. The predicted molar refractivity (Wildman–Crippen MR) is 158 cm³/mol. The average Bonchev–Trinajstić information content (AvgIpc) is 2.91. The second-order valence-electron chi connectivity index (χ2n) is 9.63. The lowest BCUT2D eigenvalue weighted by Crippen LogP contribution is -2.52. The number of nitrogens with one attached hydrogen (secondary N) is 1. The lowest BCUT2D eigenvalue weighted by Gasteiger charge is -2.32. The van der Waals surface area contributed by atoms with Crippen LogP contribution < -0.4 is 14.4 Å². The highest BCUT2D eigenvalue weighted by Gasteiger charge is 2.33. The second-order valence-corrected chi connectivity index (χ2v) is 12.3. The summed E-state index contributed by atoms with van der Waals surface area (Å²) in [5, 5.41) is 3.20. The predicted octanol–water partition coefficient (Wildman–Crippen LogP) is 5.45. The molecule has 0 aromatic heterocycles. The van der Waals surface area contributed by atoms with Crippen LogP contribution >= 0.6 is 23.2 Å². The van der Waals surface area contributed by atoms with E-state index in [1.165, 1.54) is 35.2 Å². The van der Waals surface area contributed by atoms with E-state index in [1.807, 2.05) is 20.8 Å². The van der Waals surface area contributed by atoms with Crippen LogP contribution in [0.25, 0.3) is 0 Å². The molecule has 0 aliphatic heterocycles. The molecule has 0 radical (unpaired) electrons. The molecule has 0 saturated carbocycles. The summed E-state index contributed by atoms with van der Waals surface area (Å²) in [6.45, 7) is 6.58. The van der Waals surface area contributed by atoms with Gasteiger partial charge in [0, 0.05) is 12.6 Å². The van der Waals surface area contributed by atoms with Crippen LogP contribution in [0.2, 0.25) is 10.0 Å². The molecule has 1 N–H and O–H groups in total. The average molecular weight is 607 g/mol. The van der Waals surface area contributed by atoms with E-state index in [2.05, 4.69) is 5.32 Å². The van der Waals surface area contributed by atoms with E-state index in [1.54, 1.807) is 50.4 Å². The molecule has 0 fully saturated rings. The topological polar surface area (TPSA) is 96.0 Å². The highest BCUT2D eigenvalue weighted by Crippen LogP contribution is 2.31. The van der Waals surface area contributed by atoms with E-state index in [0.29, 0.717) is 5.75 Å². The molecule has 0 saturated heterocycles. The van der Waals surface area contributed by atoms with Crippen molar-refractivity contribution in [1.82, 2.24) is 10.2 Å². The molecule has 0 aliphatic rings. The fourth-order valence-electron chi connectivity index (χ4n) is 3.92. The summed E-state index contributed by atoms with van der Waals surface area (Å²) >= 11 is 12.3. The van der Waals surface area contributed by atoms with Gasteiger partial charge in [0.25, 0.3) is 10.0 Å². The van der Waals surface area contributed by atoms with Crippen molar-refractivity contribution < 1.29 is 22.7 Å². The summed E-state index contributed by atoms with van der Waals surface area (Å²) in [5.74, 6) is -0.300. The van der Waals surface area contributed by atoms with Gasteiger partial charge in [-0.1, -0.05) is 53.0 Å². The van der Waals surface area contributed by atoms with Crippen LogP contribution in [-0.4, -0.2) is 50.9 Å². The number of sulfonamides is 1. The van der Waals surface area contributed by atoms with Gasteiger partial charge in [-0.25, -0.2) is 8.42 Å². The van der Waals surface area contributed by atoms with Gasteiger partial charge in [0.1, 0.15) is 18.3 Å². The van der Waals surface area contributed by atoms with Crippen molar-refractivity contribution in [2.24, 2.45) is 0 Å². The molecule has 0 aliphatic carbocycles. The lowest BCUT2D eigenvalue weighted by atomic mass is 10.1. The van der Waals surface area contributed by atoms with Gasteiger partial charge in [-0.2, -0.15) is 0 Å². The standard InChI is InChI=1S/C29H33Cl2N3O5S/c1-19(2)32-29(36)21(4)33(17-22-8-11-24(39-5)12-9-22)28(35)18-34(23-10-15-26(30)27(31)16-23)40(37,38)25-13-6-20(3)7-14-25/h6-16,19,21H,17-18H2,1-5H3,(H,32,36)/t21-/m1/s1. The number of carbonyl (C=O) groups excluding carboxylic acids is 2. The number of aryl methyl sites for hydroxylation is 1. The Hall–Kier alpha value is -3.27. The molecule has 0 unspecified atom stereocenters. The van der Waals surface area contributed by atoms with Crippen LogP contribution in [0.1, 0.15) is 31.9 Å². The third-order valence-corrected chi connectivity index (χ3v) is 8.72. The molecule has 2 amide bonds. The normalized spacial score (nSPS) is 12.1. The lowest BCUT2D eigenvalue weighted by molar-refractivity contribution is -0.139. The first kappa shape index (κ1) is 31.3. The van der Waals surface area contributed by atoms with Crippen molar-refractivity contribution in [3.63, 3.8) is 0 Å². The molecule has 0 heterocycles. The first-order chi connectivity index (χ1) is 18.8. The monoisotopic (exact) mass is 605 g/mol. The number of methoxy groups -OCH3 is 1. The van der Waals surface area contributed by atoms with E-state index in [-0.39, 0.29) is 39.1 Å². The third-order valence-electron chi connectivity index (χ3n) is 6.19. The molecule has 214 valence electrons. The SMILES string of the molecule is COc1ccc(CN(C(=O)CN(c2ccc(Cl)c(Cl)c2)S(=O)(=O)c2ccc(C)cc2)[C@H](C)C(=O)NC(C)C)cc1. The van der Waals surface area contributed by atoms with Crippen LogP contribution in [0.3, 0.4) is 0 Å². The highest BCUT2D eigenvalue weighted by atomic mass is 35.5. The van der Waals surface area contributed by atoms with Crippen LogP contribution in [0, 0.1) is 6.92 Å². The molecule has 3 rings (SSSR count). The first-order valence-electron chi connectivity index (χ1n) is 12.6. The largest absolute Gasteiger partial charge is 0.497 e. The van der Waals surface area contributed by atoms with Crippen LogP contribution in [-0.2, 0) is 26.2 Å². The Morgan fingerprint density at radius 1 is 0.925 bits per heavy atom. The Labute approximate surface area is 245 Å². The Morgan fingerprint density at radius 3 is 2.10 bits per heavy atom.